The minimum absolute atomic E-state index is 0.0779. The van der Waals surface area contributed by atoms with E-state index in [0.717, 1.165) is 33.4 Å². The first-order chi connectivity index (χ1) is 25.4. The van der Waals surface area contributed by atoms with Crippen LogP contribution in [-0.2, 0) is 0 Å². The third-order valence-electron chi connectivity index (χ3n) is 10.4. The molecule has 0 spiro atoms. The van der Waals surface area contributed by atoms with Gasteiger partial charge in [-0.25, -0.2) is 4.98 Å². The topological polar surface area (TPSA) is 30.7 Å². The Morgan fingerprint density at radius 2 is 1.23 bits per heavy atom. The number of hydrogen-bond acceptors (Lipinski definition) is 2. The molecule has 2 atom stereocenters. The zero-order valence-corrected chi connectivity index (χ0v) is 28.2. The van der Waals surface area contributed by atoms with Crippen LogP contribution in [0.15, 0.2) is 151 Å². The Morgan fingerprint density at radius 3 is 2.00 bits per heavy atom. The second-order valence-corrected chi connectivity index (χ2v) is 13.2. The lowest BCUT2D eigenvalue weighted by molar-refractivity contribution is 0.650. The van der Waals surface area contributed by atoms with Crippen LogP contribution in [-0.4, -0.2) is 53.8 Å². The maximum atomic E-state index is 6.65. The molecule has 0 aliphatic heterocycles. The Labute approximate surface area is 310 Å². The molecule has 0 fully saturated rings. The van der Waals surface area contributed by atoms with Gasteiger partial charge < -0.3 is 0 Å². The van der Waals surface area contributed by atoms with Crippen LogP contribution in [0, 0.1) is 5.92 Å². The van der Waals surface area contributed by atoms with Gasteiger partial charge in [0.05, 0.1) is 16.7 Å². The van der Waals surface area contributed by atoms with Crippen LogP contribution in [0.4, 0.5) is 0 Å². The largest absolute Gasteiger partial charge is 0.294 e. The van der Waals surface area contributed by atoms with Crippen molar-refractivity contribution in [3.8, 4) is 28.3 Å². The smallest absolute Gasteiger partial charge is 0.145 e. The Kier molecular flexibility index (Phi) is 7.92. The normalized spacial score (nSPS) is 16.2. The molecular weight excluding hydrogens is 625 g/mol. The molecule has 2 heterocycles. The fourth-order valence-electron chi connectivity index (χ4n) is 7.99. The first kappa shape index (κ1) is 32.2. The van der Waals surface area contributed by atoms with E-state index < -0.39 is 0 Å². The van der Waals surface area contributed by atoms with Gasteiger partial charge >= 0.3 is 0 Å². The minimum atomic E-state index is 0.0779. The van der Waals surface area contributed by atoms with Crippen molar-refractivity contribution < 1.29 is 0 Å². The number of nitrogens with zero attached hydrogens (tertiary/aromatic N) is 3. The van der Waals surface area contributed by atoms with Crippen molar-refractivity contribution in [2.24, 2.45) is 5.92 Å². The lowest BCUT2D eigenvalue weighted by Crippen LogP contribution is -2.56. The number of benzene rings is 5. The van der Waals surface area contributed by atoms with E-state index >= 15 is 0 Å². The number of hydrogen-bond donors (Lipinski definition) is 0. The fraction of sp³-hybridized carbons (Fsp3) is 0.0455. The minimum Gasteiger partial charge on any atom is -0.294 e. The van der Waals surface area contributed by atoms with Crippen LogP contribution < -0.4 is 27.3 Å². The lowest BCUT2D eigenvalue weighted by Gasteiger charge is -2.37. The molecule has 8 heteroatoms. The first-order valence-corrected chi connectivity index (χ1v) is 17.2. The maximum absolute atomic E-state index is 6.65. The van der Waals surface area contributed by atoms with Crippen molar-refractivity contribution in [1.82, 2.24) is 14.5 Å². The number of fused-ring (bicyclic) bond motifs is 3. The molecular formula is C44H26B5N3. The molecule has 2 unspecified atom stereocenters. The van der Waals surface area contributed by atoms with Crippen molar-refractivity contribution in [1.29, 1.82) is 0 Å². The molecule has 0 amide bonds. The van der Waals surface area contributed by atoms with Gasteiger partial charge in [0.2, 0.25) is 0 Å². The van der Waals surface area contributed by atoms with Crippen LogP contribution in [0.5, 0.6) is 0 Å². The van der Waals surface area contributed by atoms with Gasteiger partial charge in [-0.3, -0.25) is 9.55 Å². The molecule has 0 saturated heterocycles. The van der Waals surface area contributed by atoms with Crippen LogP contribution in [0.2, 0.25) is 0 Å². The lowest BCUT2D eigenvalue weighted by atomic mass is 9.61. The predicted molar refractivity (Wildman–Crippen MR) is 219 cm³/mol. The summed E-state index contributed by atoms with van der Waals surface area (Å²) in [6.45, 7) is 0. The second-order valence-electron chi connectivity index (χ2n) is 13.2. The SMILES string of the molecule is [B]c1c([B])c([B])c(-n2c(-c3cccc(C4=C5C=CC=CC5C(c5ccccc5-c5ccccn5)c5ccccc54)c3)nc3ccccc32)c([B])c1[B]. The van der Waals surface area contributed by atoms with Gasteiger partial charge in [-0.05, 0) is 63.7 Å². The van der Waals surface area contributed by atoms with Gasteiger partial charge in [-0.2, -0.15) is 0 Å². The molecule has 7 aromatic rings. The van der Waals surface area contributed by atoms with Gasteiger partial charge in [0.15, 0.2) is 0 Å². The molecule has 232 valence electrons. The molecule has 0 saturated carbocycles. The average Bonchev–Trinajstić information content (AvgIpc) is 3.58. The van der Waals surface area contributed by atoms with Crippen molar-refractivity contribution in [2.45, 2.75) is 5.92 Å². The molecule has 2 aliphatic rings. The third-order valence-corrected chi connectivity index (χ3v) is 10.4. The quantitative estimate of drug-likeness (QED) is 0.259. The van der Waals surface area contributed by atoms with E-state index in [9.17, 15) is 0 Å². The number of allylic oxidation sites excluding steroid dienone is 5. The van der Waals surface area contributed by atoms with E-state index in [1.54, 1.807) is 0 Å². The van der Waals surface area contributed by atoms with Crippen LogP contribution in [0.25, 0.3) is 44.9 Å². The van der Waals surface area contributed by atoms with Crippen molar-refractivity contribution in [3.63, 3.8) is 0 Å². The van der Waals surface area contributed by atoms with E-state index in [0.29, 0.717) is 11.5 Å². The van der Waals surface area contributed by atoms with Crippen LogP contribution in [0.1, 0.15) is 28.2 Å². The van der Waals surface area contributed by atoms with Crippen LogP contribution >= 0.6 is 0 Å². The Hall–Kier alpha value is -5.74. The molecule has 3 nitrogen and oxygen atoms in total. The highest BCUT2D eigenvalue weighted by atomic mass is 15.1. The summed E-state index contributed by atoms with van der Waals surface area (Å²) in [6.07, 6.45) is 10.7. The zero-order chi connectivity index (χ0) is 35.5. The molecule has 0 N–H and O–H groups in total. The van der Waals surface area contributed by atoms with Gasteiger partial charge in [0.1, 0.15) is 45.1 Å². The Balaban J connectivity index is 1.26. The van der Waals surface area contributed by atoms with Crippen molar-refractivity contribution in [2.75, 3.05) is 0 Å². The average molecular weight is 651 g/mol. The van der Waals surface area contributed by atoms with Gasteiger partial charge in [0.25, 0.3) is 0 Å². The summed E-state index contributed by atoms with van der Waals surface area (Å²) in [7, 11) is 32.2. The summed E-state index contributed by atoms with van der Waals surface area (Å²) < 4.78 is 1.94. The highest BCUT2D eigenvalue weighted by Gasteiger charge is 2.36. The molecule has 5 aromatic carbocycles. The monoisotopic (exact) mass is 651 g/mol. The standard InChI is InChI=1S/C44H26B5N3/c45-38-39(46)41(48)43(42(49)40(38)47)52-35-22-8-7-21-34(35)51-44(52)26-13-11-12-25(24-26)36-29-16-3-5-18-31(29)37(32-19-6-4-17-30(32)36)28-15-2-1-14-27(28)33-20-9-10-23-50-33/h1-24,31,37H. The Bertz CT molecular complexity index is 2630. The summed E-state index contributed by atoms with van der Waals surface area (Å²) >= 11 is 0. The fourth-order valence-corrected chi connectivity index (χ4v) is 7.99. The van der Waals surface area contributed by atoms with E-state index in [1.807, 2.05) is 47.2 Å². The molecule has 2 aromatic heterocycles. The number of pyridine rings is 1. The van der Waals surface area contributed by atoms with Crippen molar-refractivity contribution in [3.05, 3.63) is 174 Å². The highest BCUT2D eigenvalue weighted by Crippen LogP contribution is 2.51. The summed E-state index contributed by atoms with van der Waals surface area (Å²) in [5.41, 5.74) is 13.2. The Morgan fingerprint density at radius 1 is 0.577 bits per heavy atom. The number of aromatic nitrogens is 3. The maximum Gasteiger partial charge on any atom is 0.145 e. The van der Waals surface area contributed by atoms with Gasteiger partial charge in [-0.1, -0.05) is 120 Å². The summed E-state index contributed by atoms with van der Waals surface area (Å²) in [5, 5.41) is 0. The van der Waals surface area contributed by atoms with Gasteiger partial charge in [-0.15, -0.1) is 16.4 Å². The summed E-state index contributed by atoms with van der Waals surface area (Å²) in [6, 6.07) is 39.8. The molecule has 52 heavy (non-hydrogen) atoms. The number of para-hydroxylation sites is 2. The second kappa shape index (κ2) is 12.8. The number of imidazole rings is 1. The van der Waals surface area contributed by atoms with E-state index in [1.165, 1.54) is 27.8 Å². The zero-order valence-electron chi connectivity index (χ0n) is 28.2. The third kappa shape index (κ3) is 5.04. The molecule has 9 rings (SSSR count). The predicted octanol–water partition coefficient (Wildman–Crippen LogP) is 4.41. The van der Waals surface area contributed by atoms with Crippen molar-refractivity contribution >= 4 is 83.2 Å². The van der Waals surface area contributed by atoms with Gasteiger partial charge in [0, 0.05) is 34.8 Å². The molecule has 2 aliphatic carbocycles. The summed E-state index contributed by atoms with van der Waals surface area (Å²) in [4.78, 5) is 9.86. The molecule has 0 bridgehead atoms. The van der Waals surface area contributed by atoms with Crippen LogP contribution in [0.3, 0.4) is 0 Å². The van der Waals surface area contributed by atoms with E-state index in [-0.39, 0.29) is 39.1 Å². The van der Waals surface area contributed by atoms with E-state index in [2.05, 4.69) is 103 Å². The number of rotatable bonds is 5. The highest BCUT2D eigenvalue weighted by molar-refractivity contribution is 6.68. The molecule has 10 radical (unpaired) electrons. The first-order valence-electron chi connectivity index (χ1n) is 17.2. The van der Waals surface area contributed by atoms with E-state index in [4.69, 9.17) is 49.2 Å². The summed E-state index contributed by atoms with van der Waals surface area (Å²) in [5.74, 6) is 0.819.